The molecule has 0 aliphatic carbocycles. The predicted octanol–water partition coefficient (Wildman–Crippen LogP) is 2.55. The Morgan fingerprint density at radius 3 is 2.30 bits per heavy atom. The van der Waals surface area contributed by atoms with Crippen LogP contribution in [0.3, 0.4) is 0 Å². The van der Waals surface area contributed by atoms with Crippen LogP contribution in [0.1, 0.15) is 15.9 Å². The maximum Gasteiger partial charge on any atom is 0.252 e. The smallest absolute Gasteiger partial charge is 0.252 e. The lowest BCUT2D eigenvalue weighted by Gasteiger charge is -2.16. The summed E-state index contributed by atoms with van der Waals surface area (Å²) in [5.41, 5.74) is 6.00. The van der Waals surface area contributed by atoms with Gasteiger partial charge in [0, 0.05) is 16.5 Å². The molecule has 2 aromatic rings. The molecule has 4 nitrogen and oxygen atoms in total. The number of benzene rings is 2. The van der Waals surface area contributed by atoms with Crippen LogP contribution in [0.25, 0.3) is 0 Å². The fourth-order valence-electron chi connectivity index (χ4n) is 1.96. The van der Waals surface area contributed by atoms with E-state index in [1.165, 1.54) is 0 Å². The number of hydrogen-bond acceptors (Lipinski definition) is 2. The molecule has 3 N–H and O–H groups in total. The minimum atomic E-state index is -1.14. The minimum Gasteiger partial charge on any atom is -0.368 e. The second-order valence-corrected chi connectivity index (χ2v) is 5.80. The van der Waals surface area contributed by atoms with Gasteiger partial charge in [0.15, 0.2) is 11.6 Å². The van der Waals surface area contributed by atoms with Gasteiger partial charge in [0.1, 0.15) is 6.04 Å². The summed E-state index contributed by atoms with van der Waals surface area (Å²) in [5.74, 6) is -3.61. The van der Waals surface area contributed by atoms with Gasteiger partial charge in [-0.2, -0.15) is 0 Å². The van der Waals surface area contributed by atoms with Crippen LogP contribution >= 0.6 is 15.9 Å². The number of hydrogen-bond donors (Lipinski definition) is 2. The first-order chi connectivity index (χ1) is 10.9. The van der Waals surface area contributed by atoms with E-state index < -0.39 is 29.5 Å². The van der Waals surface area contributed by atoms with Crippen LogP contribution in [0.4, 0.5) is 8.78 Å². The monoisotopic (exact) mass is 382 g/mol. The molecule has 7 heteroatoms. The molecule has 23 heavy (non-hydrogen) atoms. The lowest BCUT2D eigenvalue weighted by atomic mass is 10.0. The Balaban J connectivity index is 2.12. The third-order valence-electron chi connectivity index (χ3n) is 3.18. The van der Waals surface area contributed by atoms with E-state index in [2.05, 4.69) is 21.2 Å². The summed E-state index contributed by atoms with van der Waals surface area (Å²) in [6, 6.07) is 8.94. The highest BCUT2D eigenvalue weighted by Crippen LogP contribution is 2.13. The van der Waals surface area contributed by atoms with Gasteiger partial charge in [-0.15, -0.1) is 0 Å². The fourth-order valence-corrected chi connectivity index (χ4v) is 2.22. The van der Waals surface area contributed by atoms with E-state index in [0.717, 1.165) is 28.2 Å². The van der Waals surface area contributed by atoms with Crippen LogP contribution in [0.2, 0.25) is 0 Å². The number of halogens is 3. The highest BCUT2D eigenvalue weighted by molar-refractivity contribution is 9.10. The van der Waals surface area contributed by atoms with Gasteiger partial charge in [-0.3, -0.25) is 9.59 Å². The first kappa shape index (κ1) is 17.1. The molecule has 2 amide bonds. The Morgan fingerprint density at radius 2 is 1.74 bits per heavy atom. The van der Waals surface area contributed by atoms with E-state index in [4.69, 9.17) is 5.73 Å². The Labute approximate surface area is 139 Å². The normalized spacial score (nSPS) is 11.8. The molecule has 1 atom stereocenters. The van der Waals surface area contributed by atoms with Crippen LogP contribution in [-0.4, -0.2) is 17.9 Å². The molecule has 0 unspecified atom stereocenters. The van der Waals surface area contributed by atoms with Crippen molar-refractivity contribution >= 4 is 27.7 Å². The number of primary amides is 1. The van der Waals surface area contributed by atoms with E-state index in [1.807, 2.05) is 0 Å². The Morgan fingerprint density at radius 1 is 1.09 bits per heavy atom. The first-order valence-corrected chi connectivity index (χ1v) is 7.46. The topological polar surface area (TPSA) is 72.2 Å². The summed E-state index contributed by atoms with van der Waals surface area (Å²) in [7, 11) is 0. The van der Waals surface area contributed by atoms with E-state index in [0.29, 0.717) is 0 Å². The van der Waals surface area contributed by atoms with Crippen molar-refractivity contribution < 1.29 is 18.4 Å². The van der Waals surface area contributed by atoms with Crippen LogP contribution in [0.15, 0.2) is 46.9 Å². The molecular weight excluding hydrogens is 370 g/mol. The Hall–Kier alpha value is -2.28. The molecule has 0 aliphatic heterocycles. The van der Waals surface area contributed by atoms with Crippen molar-refractivity contribution in [2.75, 3.05) is 0 Å². The van der Waals surface area contributed by atoms with Gasteiger partial charge in [-0.25, -0.2) is 8.78 Å². The highest BCUT2D eigenvalue weighted by Gasteiger charge is 2.20. The SMILES string of the molecule is NC(=O)[C@@H](Cc1ccc(Br)cc1)NC(=O)c1ccc(F)c(F)c1. The van der Waals surface area contributed by atoms with Gasteiger partial charge in [0.25, 0.3) is 5.91 Å². The van der Waals surface area contributed by atoms with Gasteiger partial charge < -0.3 is 11.1 Å². The molecule has 0 saturated carbocycles. The molecule has 0 fully saturated rings. The zero-order valence-corrected chi connectivity index (χ0v) is 13.4. The zero-order valence-electron chi connectivity index (χ0n) is 11.9. The van der Waals surface area contributed by atoms with Gasteiger partial charge in [0.2, 0.25) is 5.91 Å². The van der Waals surface area contributed by atoms with Crippen LogP contribution in [0.5, 0.6) is 0 Å². The molecule has 2 aromatic carbocycles. The fraction of sp³-hybridized carbons (Fsp3) is 0.125. The number of nitrogens with two attached hydrogens (primary N) is 1. The lowest BCUT2D eigenvalue weighted by molar-refractivity contribution is -0.119. The van der Waals surface area contributed by atoms with E-state index in [9.17, 15) is 18.4 Å². The molecule has 0 bridgehead atoms. The number of amides is 2. The molecule has 0 saturated heterocycles. The molecule has 120 valence electrons. The summed E-state index contributed by atoms with van der Waals surface area (Å²) in [4.78, 5) is 23.6. The van der Waals surface area contributed by atoms with E-state index >= 15 is 0 Å². The molecule has 0 heterocycles. The van der Waals surface area contributed by atoms with Gasteiger partial charge in [-0.05, 0) is 35.9 Å². The summed E-state index contributed by atoms with van der Waals surface area (Å²) in [6.45, 7) is 0. The van der Waals surface area contributed by atoms with Gasteiger partial charge in [-0.1, -0.05) is 28.1 Å². The number of nitrogens with one attached hydrogen (secondary N) is 1. The largest absolute Gasteiger partial charge is 0.368 e. The summed E-state index contributed by atoms with van der Waals surface area (Å²) >= 11 is 3.30. The first-order valence-electron chi connectivity index (χ1n) is 6.66. The van der Waals surface area contributed by atoms with Crippen molar-refractivity contribution in [2.24, 2.45) is 5.73 Å². The van der Waals surface area contributed by atoms with Crippen LogP contribution in [0, 0.1) is 11.6 Å². The van der Waals surface area contributed by atoms with E-state index in [-0.39, 0.29) is 12.0 Å². The average Bonchev–Trinajstić information content (AvgIpc) is 2.51. The maximum atomic E-state index is 13.2. The Bertz CT molecular complexity index is 735. The number of rotatable bonds is 5. The standard InChI is InChI=1S/C16H13BrF2N2O2/c17-11-4-1-9(2-5-11)7-14(15(20)22)21-16(23)10-3-6-12(18)13(19)8-10/h1-6,8,14H,7H2,(H2,20,22)(H,21,23)/t14-/m1/s1. The summed E-state index contributed by atoms with van der Waals surface area (Å²) in [6.07, 6.45) is 0.192. The summed E-state index contributed by atoms with van der Waals surface area (Å²) in [5, 5.41) is 2.43. The van der Waals surface area contributed by atoms with Crippen molar-refractivity contribution in [1.82, 2.24) is 5.32 Å². The average molecular weight is 383 g/mol. The van der Waals surface area contributed by atoms with E-state index in [1.54, 1.807) is 24.3 Å². The quantitative estimate of drug-likeness (QED) is 0.833. The number of carbonyl (C=O) groups excluding carboxylic acids is 2. The second kappa shape index (κ2) is 7.32. The maximum absolute atomic E-state index is 13.2. The van der Waals surface area contributed by atoms with Crippen molar-refractivity contribution in [2.45, 2.75) is 12.5 Å². The molecule has 0 aliphatic rings. The highest BCUT2D eigenvalue weighted by atomic mass is 79.9. The van der Waals surface area contributed by atoms with Crippen molar-refractivity contribution in [3.05, 3.63) is 69.7 Å². The van der Waals surface area contributed by atoms with Crippen LogP contribution < -0.4 is 11.1 Å². The van der Waals surface area contributed by atoms with Gasteiger partial charge in [0.05, 0.1) is 0 Å². The minimum absolute atomic E-state index is 0.0917. The zero-order chi connectivity index (χ0) is 17.0. The van der Waals surface area contributed by atoms with Crippen LogP contribution in [-0.2, 0) is 11.2 Å². The lowest BCUT2D eigenvalue weighted by Crippen LogP contribution is -2.45. The molecule has 0 spiro atoms. The van der Waals surface area contributed by atoms with Gasteiger partial charge >= 0.3 is 0 Å². The predicted molar refractivity (Wildman–Crippen MR) is 84.7 cm³/mol. The third-order valence-corrected chi connectivity index (χ3v) is 3.71. The Kier molecular flexibility index (Phi) is 5.44. The summed E-state index contributed by atoms with van der Waals surface area (Å²) < 4.78 is 26.9. The third kappa shape index (κ3) is 4.59. The van der Waals surface area contributed by atoms with Crippen molar-refractivity contribution in [1.29, 1.82) is 0 Å². The molecular formula is C16H13BrF2N2O2. The number of carbonyl (C=O) groups is 2. The molecule has 0 aromatic heterocycles. The molecule has 2 rings (SSSR count). The second-order valence-electron chi connectivity index (χ2n) is 4.89. The van der Waals surface area contributed by atoms with Crippen molar-refractivity contribution in [3.8, 4) is 0 Å². The van der Waals surface area contributed by atoms with Crippen molar-refractivity contribution in [3.63, 3.8) is 0 Å². The molecule has 0 radical (unpaired) electrons.